The minimum atomic E-state index is -3.91. The van der Waals surface area contributed by atoms with Gasteiger partial charge in [0.2, 0.25) is 10.0 Å². The number of nitrogens with zero attached hydrogens (tertiary/aromatic N) is 1. The van der Waals surface area contributed by atoms with E-state index in [4.69, 9.17) is 4.74 Å². The molecule has 6 nitrogen and oxygen atoms in total. The molecule has 29 heavy (non-hydrogen) atoms. The predicted molar refractivity (Wildman–Crippen MR) is 120 cm³/mol. The highest BCUT2D eigenvalue weighted by Crippen LogP contribution is 2.45. The van der Waals surface area contributed by atoms with Gasteiger partial charge in [-0.2, -0.15) is 0 Å². The molecule has 1 saturated heterocycles. The van der Waals surface area contributed by atoms with Gasteiger partial charge in [-0.05, 0) is 50.5 Å². The van der Waals surface area contributed by atoms with Crippen LogP contribution in [-0.4, -0.2) is 37.8 Å². The van der Waals surface area contributed by atoms with Crippen LogP contribution in [0.25, 0.3) is 0 Å². The summed E-state index contributed by atoms with van der Waals surface area (Å²) in [5.74, 6) is 0. The number of allylic oxidation sites excluding steroid dienone is 2. The van der Waals surface area contributed by atoms with Crippen LogP contribution in [-0.2, 0) is 19.5 Å². The monoisotopic (exact) mass is 482 g/mol. The molecular formula is C21H27BrN2O4S. The zero-order chi connectivity index (χ0) is 21.9. The van der Waals surface area contributed by atoms with Crippen molar-refractivity contribution in [3.05, 3.63) is 71.3 Å². The van der Waals surface area contributed by atoms with Crippen molar-refractivity contribution < 1.29 is 18.3 Å². The number of hydrogen-bond donors (Lipinski definition) is 2. The van der Waals surface area contributed by atoms with Gasteiger partial charge in [0.15, 0.2) is 4.75 Å². The van der Waals surface area contributed by atoms with E-state index in [0.717, 1.165) is 4.47 Å². The minimum absolute atomic E-state index is 0.113. The molecule has 0 saturated carbocycles. The summed E-state index contributed by atoms with van der Waals surface area (Å²) in [6, 6.07) is 6.50. The summed E-state index contributed by atoms with van der Waals surface area (Å²) in [7, 11) is -3.91. The Hall–Kier alpha value is -1.90. The van der Waals surface area contributed by atoms with E-state index in [0.29, 0.717) is 11.1 Å². The molecule has 0 spiro atoms. The van der Waals surface area contributed by atoms with Crippen molar-refractivity contribution in [3.63, 3.8) is 0 Å². The van der Waals surface area contributed by atoms with Crippen LogP contribution in [0.15, 0.2) is 70.7 Å². The van der Waals surface area contributed by atoms with Gasteiger partial charge in [-0.3, -0.25) is 0 Å². The van der Waals surface area contributed by atoms with Gasteiger partial charge >= 0.3 is 0 Å². The largest absolute Gasteiger partial charge is 0.456 e. The molecule has 2 N–H and O–H groups in total. The number of aliphatic hydroxyl groups is 1. The molecule has 2 rings (SSSR count). The highest BCUT2D eigenvalue weighted by Gasteiger charge is 2.59. The lowest BCUT2D eigenvalue weighted by Crippen LogP contribution is -2.64. The van der Waals surface area contributed by atoms with Crippen LogP contribution in [0.2, 0.25) is 0 Å². The molecule has 1 aromatic carbocycles. The zero-order valence-corrected chi connectivity index (χ0v) is 19.3. The van der Waals surface area contributed by atoms with Gasteiger partial charge in [0.05, 0.1) is 6.04 Å². The first kappa shape index (κ1) is 23.4. The first-order valence-electron chi connectivity index (χ1n) is 9.13. The van der Waals surface area contributed by atoms with Crippen LogP contribution in [0.1, 0.15) is 32.8 Å². The molecule has 1 fully saturated rings. The van der Waals surface area contributed by atoms with Crippen molar-refractivity contribution >= 4 is 32.0 Å². The molecule has 0 radical (unpaired) electrons. The Morgan fingerprint density at radius 3 is 2.59 bits per heavy atom. The molecule has 1 aliphatic heterocycles. The maximum absolute atomic E-state index is 13.4. The molecule has 1 aromatic rings. The Morgan fingerprint density at radius 2 is 2.07 bits per heavy atom. The van der Waals surface area contributed by atoms with Crippen LogP contribution in [0.3, 0.4) is 0 Å². The Bertz CT molecular complexity index is 953. The highest BCUT2D eigenvalue weighted by atomic mass is 79.9. The summed E-state index contributed by atoms with van der Waals surface area (Å²) in [5, 5.41) is 9.40. The maximum atomic E-state index is 13.4. The molecule has 0 bridgehead atoms. The van der Waals surface area contributed by atoms with Crippen LogP contribution in [0.5, 0.6) is 0 Å². The minimum Gasteiger partial charge on any atom is -0.456 e. The maximum Gasteiger partial charge on any atom is 0.299 e. The van der Waals surface area contributed by atoms with E-state index in [9.17, 15) is 13.5 Å². The number of nitrogens with one attached hydrogen (secondary N) is 1. The van der Waals surface area contributed by atoms with Crippen LogP contribution in [0, 0.1) is 0 Å². The quantitative estimate of drug-likeness (QED) is 0.578. The van der Waals surface area contributed by atoms with Crippen molar-refractivity contribution in [2.24, 2.45) is 4.99 Å². The van der Waals surface area contributed by atoms with E-state index in [1.165, 1.54) is 0 Å². The summed E-state index contributed by atoms with van der Waals surface area (Å²) >= 11 is 3.40. The predicted octanol–water partition coefficient (Wildman–Crippen LogP) is 3.80. The Morgan fingerprint density at radius 1 is 1.38 bits per heavy atom. The van der Waals surface area contributed by atoms with Gasteiger partial charge in [0.25, 0.3) is 6.02 Å². The van der Waals surface area contributed by atoms with E-state index < -0.39 is 26.4 Å². The van der Waals surface area contributed by atoms with Crippen molar-refractivity contribution in [2.75, 3.05) is 6.61 Å². The molecule has 158 valence electrons. The van der Waals surface area contributed by atoms with Crippen LogP contribution < -0.4 is 4.72 Å². The second-order valence-electron chi connectivity index (χ2n) is 7.33. The fourth-order valence-corrected chi connectivity index (χ4v) is 5.32. The number of hydrogen-bond acceptors (Lipinski definition) is 5. The lowest BCUT2D eigenvalue weighted by Gasteiger charge is -2.47. The molecular weight excluding hydrogens is 456 g/mol. The third-order valence-corrected chi connectivity index (χ3v) is 7.98. The second kappa shape index (κ2) is 8.85. The smallest absolute Gasteiger partial charge is 0.299 e. The summed E-state index contributed by atoms with van der Waals surface area (Å²) in [6.45, 7) is 12.4. The number of rotatable bonds is 7. The average molecular weight is 483 g/mol. The highest BCUT2D eigenvalue weighted by molar-refractivity contribution is 9.10. The molecule has 0 amide bonds. The van der Waals surface area contributed by atoms with Gasteiger partial charge in [0.1, 0.15) is 5.60 Å². The van der Waals surface area contributed by atoms with Gasteiger partial charge < -0.3 is 9.84 Å². The van der Waals surface area contributed by atoms with Crippen molar-refractivity contribution in [1.82, 2.24) is 4.72 Å². The number of benzene rings is 1. The number of halogens is 1. The number of aliphatic imine (C=N–C) groups is 1. The SMILES string of the molecule is C=C/C=C(\C=C)[C@H](CCO)N=C1NS(=O)(=O)C(C)(c2cccc(Br)c2)C(C)(C)O1. The fraction of sp³-hybridized carbons (Fsp3) is 0.381. The third-order valence-electron chi connectivity index (χ3n) is 5.24. The van der Waals surface area contributed by atoms with Gasteiger partial charge in [0, 0.05) is 11.1 Å². The Balaban J connectivity index is 2.54. The molecule has 1 heterocycles. The lowest BCUT2D eigenvalue weighted by atomic mass is 9.85. The number of ether oxygens (including phenoxy) is 1. The molecule has 1 unspecified atom stereocenters. The first-order chi connectivity index (χ1) is 13.5. The van der Waals surface area contributed by atoms with E-state index >= 15 is 0 Å². The fourth-order valence-electron chi connectivity index (χ4n) is 3.26. The molecule has 8 heteroatoms. The van der Waals surface area contributed by atoms with E-state index in [-0.39, 0.29) is 19.0 Å². The van der Waals surface area contributed by atoms with Crippen LogP contribution >= 0.6 is 15.9 Å². The van der Waals surface area contributed by atoms with Crippen LogP contribution in [0.4, 0.5) is 0 Å². The van der Waals surface area contributed by atoms with Gasteiger partial charge in [-0.1, -0.05) is 59.4 Å². The van der Waals surface area contributed by atoms with Crippen molar-refractivity contribution in [3.8, 4) is 0 Å². The van der Waals surface area contributed by atoms with Crippen molar-refractivity contribution in [2.45, 2.75) is 43.6 Å². The number of sulfonamides is 1. The normalized spacial score (nSPS) is 25.6. The number of aliphatic hydroxyl groups excluding tert-OH is 1. The van der Waals surface area contributed by atoms with Gasteiger partial charge in [-0.25, -0.2) is 18.1 Å². The summed E-state index contributed by atoms with van der Waals surface area (Å²) in [4.78, 5) is 4.43. The molecule has 0 aromatic heterocycles. The molecule has 2 atom stereocenters. The standard InChI is InChI=1S/C21H27BrN2O4S/c1-6-9-15(7-2)18(12-13-25)23-19-24-29(26,27)21(5,20(3,4)28-19)16-10-8-11-17(22)14-16/h6-11,14,18,25H,1-2,12-13H2,3-5H3,(H,23,24)/b15-9+/t18-,21?/m0/s1. The summed E-state index contributed by atoms with van der Waals surface area (Å²) < 4.78 is 34.6. The Labute approximate surface area is 181 Å². The van der Waals surface area contributed by atoms with Gasteiger partial charge in [-0.15, -0.1) is 0 Å². The number of amidine groups is 1. The molecule has 1 aliphatic rings. The van der Waals surface area contributed by atoms with Crippen molar-refractivity contribution in [1.29, 1.82) is 0 Å². The third kappa shape index (κ3) is 4.49. The summed E-state index contributed by atoms with van der Waals surface area (Å²) in [5.41, 5.74) is 0.160. The van der Waals surface area contributed by atoms with E-state index in [1.54, 1.807) is 57.2 Å². The second-order valence-corrected chi connectivity index (χ2v) is 10.3. The zero-order valence-electron chi connectivity index (χ0n) is 16.9. The topological polar surface area (TPSA) is 88.0 Å². The molecule has 0 aliphatic carbocycles. The summed E-state index contributed by atoms with van der Waals surface area (Å²) in [6.07, 6.45) is 5.18. The van der Waals surface area contributed by atoms with E-state index in [1.807, 2.05) is 6.07 Å². The lowest BCUT2D eigenvalue weighted by molar-refractivity contribution is 0.0383. The van der Waals surface area contributed by atoms with E-state index in [2.05, 4.69) is 38.8 Å². The first-order valence-corrected chi connectivity index (χ1v) is 11.4. The average Bonchev–Trinajstić information content (AvgIpc) is 2.63. The Kier molecular flexibility index (Phi) is 7.14.